The van der Waals surface area contributed by atoms with Crippen molar-refractivity contribution in [3.05, 3.63) is 29.8 Å². The van der Waals surface area contributed by atoms with Gasteiger partial charge in [-0.05, 0) is 37.5 Å². The Morgan fingerprint density at radius 2 is 2.00 bits per heavy atom. The quantitative estimate of drug-likeness (QED) is 0.435. The van der Waals surface area contributed by atoms with Gasteiger partial charge < -0.3 is 15.1 Å². The third-order valence-corrected chi connectivity index (χ3v) is 2.98. The number of carboxylic acids is 1. The van der Waals surface area contributed by atoms with Crippen molar-refractivity contribution in [2.45, 2.75) is 33.1 Å². The van der Waals surface area contributed by atoms with E-state index in [-0.39, 0.29) is 5.75 Å². The maximum Gasteiger partial charge on any atom is 0.312 e. The van der Waals surface area contributed by atoms with Gasteiger partial charge >= 0.3 is 5.97 Å². The van der Waals surface area contributed by atoms with Gasteiger partial charge in [0, 0.05) is 0 Å². The minimum atomic E-state index is -0.932. The number of aliphatic carboxylic acids is 1. The molecule has 110 valence electrons. The van der Waals surface area contributed by atoms with E-state index >= 15 is 0 Å². The van der Waals surface area contributed by atoms with Gasteiger partial charge in [0.15, 0.2) is 0 Å². The lowest BCUT2D eigenvalue weighted by Crippen LogP contribution is -2.24. The summed E-state index contributed by atoms with van der Waals surface area (Å²) in [7, 11) is 0. The molecule has 0 amide bonds. The van der Waals surface area contributed by atoms with E-state index < -0.39 is 11.9 Å². The summed E-state index contributed by atoms with van der Waals surface area (Å²) in [4.78, 5) is 16.4. The summed E-state index contributed by atoms with van der Waals surface area (Å²) in [5.41, 5.74) is 1.28. The van der Waals surface area contributed by atoms with Crippen LogP contribution >= 0.6 is 0 Å². The van der Waals surface area contributed by atoms with Gasteiger partial charge in [0.1, 0.15) is 18.3 Å². The zero-order valence-corrected chi connectivity index (χ0v) is 11.9. The van der Waals surface area contributed by atoms with Crippen LogP contribution < -0.4 is 0 Å². The van der Waals surface area contributed by atoms with Crippen molar-refractivity contribution in [3.63, 3.8) is 0 Å². The van der Waals surface area contributed by atoms with Crippen molar-refractivity contribution in [1.29, 1.82) is 0 Å². The highest BCUT2D eigenvalue weighted by molar-refractivity contribution is 6.00. The molecule has 0 saturated heterocycles. The molecule has 1 rings (SSSR count). The number of rotatable bonds is 8. The molecule has 1 aromatic carbocycles. The second-order valence-electron chi connectivity index (χ2n) is 4.68. The summed E-state index contributed by atoms with van der Waals surface area (Å²) < 4.78 is 0. The Morgan fingerprint density at radius 3 is 2.55 bits per heavy atom. The molecule has 1 unspecified atom stereocenters. The van der Waals surface area contributed by atoms with E-state index in [0.717, 1.165) is 18.4 Å². The number of aromatic hydroxyl groups is 1. The Bertz CT molecular complexity index is 453. The largest absolute Gasteiger partial charge is 0.508 e. The van der Waals surface area contributed by atoms with Crippen LogP contribution in [0.2, 0.25) is 0 Å². The van der Waals surface area contributed by atoms with Crippen LogP contribution in [0.3, 0.4) is 0 Å². The molecule has 0 aromatic heterocycles. The predicted molar refractivity (Wildman–Crippen MR) is 76.9 cm³/mol. The van der Waals surface area contributed by atoms with Crippen LogP contribution in [0.15, 0.2) is 29.4 Å². The molecule has 5 nitrogen and oxygen atoms in total. The van der Waals surface area contributed by atoms with Gasteiger partial charge in [-0.2, -0.15) is 0 Å². The highest BCUT2D eigenvalue weighted by atomic mass is 16.6. The first-order chi connectivity index (χ1) is 9.54. The zero-order valence-electron chi connectivity index (χ0n) is 11.9. The molecule has 5 heteroatoms. The summed E-state index contributed by atoms with van der Waals surface area (Å²) in [6.45, 7) is 4.20. The van der Waals surface area contributed by atoms with Crippen molar-refractivity contribution in [3.8, 4) is 5.75 Å². The van der Waals surface area contributed by atoms with Crippen molar-refractivity contribution in [2.24, 2.45) is 11.1 Å². The topological polar surface area (TPSA) is 79.1 Å². The molecule has 1 aromatic rings. The van der Waals surface area contributed by atoms with E-state index in [9.17, 15) is 15.0 Å². The lowest BCUT2D eigenvalue weighted by atomic mass is 9.95. The number of unbranched alkanes of at least 4 members (excludes halogenated alkanes) is 1. The third-order valence-electron chi connectivity index (χ3n) is 2.98. The lowest BCUT2D eigenvalue weighted by molar-refractivity contribution is -0.139. The molecule has 0 aliphatic heterocycles. The van der Waals surface area contributed by atoms with Gasteiger partial charge in [-0.25, -0.2) is 0 Å². The first-order valence-corrected chi connectivity index (χ1v) is 6.71. The van der Waals surface area contributed by atoms with Crippen LogP contribution in [-0.2, 0) is 16.1 Å². The number of carboxylic acid groups (broad SMARTS) is 1. The molecule has 0 aliphatic rings. The fraction of sp³-hybridized carbons (Fsp3) is 0.467. The maximum atomic E-state index is 11.3. The molecule has 1 atom stereocenters. The molecule has 0 aliphatic carbocycles. The summed E-state index contributed by atoms with van der Waals surface area (Å²) in [5.74, 6) is -1.49. The standard InChI is InChI=1S/C15H21NO4/c1-3-4-9-20-16-11(2)14(15(18)19)10-12-5-7-13(17)8-6-12/h5-8,14,17H,3-4,9-10H2,1-2H3,(H,18,19)/b16-11-. The van der Waals surface area contributed by atoms with E-state index in [2.05, 4.69) is 5.16 Å². The smallest absolute Gasteiger partial charge is 0.312 e. The Kier molecular flexibility index (Phi) is 6.56. The van der Waals surface area contributed by atoms with Crippen molar-refractivity contribution in [1.82, 2.24) is 0 Å². The molecular weight excluding hydrogens is 258 g/mol. The van der Waals surface area contributed by atoms with Crippen molar-refractivity contribution >= 4 is 11.7 Å². The average molecular weight is 279 g/mol. The van der Waals surface area contributed by atoms with E-state index in [1.165, 1.54) is 0 Å². The summed E-state index contributed by atoms with van der Waals surface area (Å²) in [6, 6.07) is 6.49. The number of phenols is 1. The average Bonchev–Trinajstić information content (AvgIpc) is 2.42. The van der Waals surface area contributed by atoms with Crippen LogP contribution in [-0.4, -0.2) is 28.5 Å². The van der Waals surface area contributed by atoms with E-state index in [1.807, 2.05) is 6.92 Å². The van der Waals surface area contributed by atoms with Crippen molar-refractivity contribution in [2.75, 3.05) is 6.61 Å². The predicted octanol–water partition coefficient (Wildman–Crippen LogP) is 2.83. The van der Waals surface area contributed by atoms with Crippen LogP contribution in [0.1, 0.15) is 32.3 Å². The number of nitrogens with zero attached hydrogens (tertiary/aromatic N) is 1. The van der Waals surface area contributed by atoms with Crippen LogP contribution in [0.4, 0.5) is 0 Å². The number of phenolic OH excluding ortho intramolecular Hbond substituents is 1. The van der Waals surface area contributed by atoms with Crippen molar-refractivity contribution < 1.29 is 19.8 Å². The highest BCUT2D eigenvalue weighted by Gasteiger charge is 2.22. The first-order valence-electron chi connectivity index (χ1n) is 6.71. The van der Waals surface area contributed by atoms with E-state index in [0.29, 0.717) is 18.7 Å². The molecule has 2 N–H and O–H groups in total. The molecule has 0 radical (unpaired) electrons. The third kappa shape index (κ3) is 5.30. The van der Waals surface area contributed by atoms with Gasteiger partial charge in [-0.3, -0.25) is 4.79 Å². The van der Waals surface area contributed by atoms with E-state index in [4.69, 9.17) is 4.84 Å². The zero-order chi connectivity index (χ0) is 15.0. The van der Waals surface area contributed by atoms with Crippen LogP contribution in [0.25, 0.3) is 0 Å². The number of oxime groups is 1. The normalized spacial score (nSPS) is 13.0. The van der Waals surface area contributed by atoms with Gasteiger partial charge in [-0.1, -0.05) is 30.6 Å². The first kappa shape index (κ1) is 16.0. The van der Waals surface area contributed by atoms with Gasteiger partial charge in [0.25, 0.3) is 0 Å². The fourth-order valence-electron chi connectivity index (χ4n) is 1.70. The minimum Gasteiger partial charge on any atom is -0.508 e. The number of benzene rings is 1. The number of carbonyl (C=O) groups is 1. The molecule has 0 heterocycles. The summed E-state index contributed by atoms with van der Waals surface area (Å²) in [6.07, 6.45) is 2.22. The Labute approximate surface area is 118 Å². The molecular formula is C15H21NO4. The molecule has 20 heavy (non-hydrogen) atoms. The second-order valence-corrected chi connectivity index (χ2v) is 4.68. The number of hydrogen-bond donors (Lipinski definition) is 2. The van der Waals surface area contributed by atoms with Gasteiger partial charge in [-0.15, -0.1) is 0 Å². The maximum absolute atomic E-state index is 11.3. The Balaban J connectivity index is 2.68. The van der Waals surface area contributed by atoms with E-state index in [1.54, 1.807) is 31.2 Å². The highest BCUT2D eigenvalue weighted by Crippen LogP contribution is 2.15. The lowest BCUT2D eigenvalue weighted by Gasteiger charge is -2.12. The van der Waals surface area contributed by atoms with Crippen LogP contribution in [0, 0.1) is 5.92 Å². The molecule has 0 saturated carbocycles. The molecule has 0 spiro atoms. The number of hydrogen-bond acceptors (Lipinski definition) is 4. The summed E-state index contributed by atoms with van der Waals surface area (Å²) in [5, 5.41) is 22.4. The van der Waals surface area contributed by atoms with Gasteiger partial charge in [0.05, 0.1) is 5.71 Å². The Morgan fingerprint density at radius 1 is 1.35 bits per heavy atom. The van der Waals surface area contributed by atoms with Crippen LogP contribution in [0.5, 0.6) is 5.75 Å². The SMILES string of the molecule is CCCCO/N=C(/C)C(Cc1ccc(O)cc1)C(=O)O. The second kappa shape index (κ2) is 8.19. The summed E-state index contributed by atoms with van der Waals surface area (Å²) >= 11 is 0. The van der Waals surface area contributed by atoms with Gasteiger partial charge in [0.2, 0.25) is 0 Å². The molecule has 0 fully saturated rings. The fourth-order valence-corrected chi connectivity index (χ4v) is 1.70. The molecule has 0 bridgehead atoms. The minimum absolute atomic E-state index is 0.161. The monoisotopic (exact) mass is 279 g/mol. The Hall–Kier alpha value is -2.04.